The summed E-state index contributed by atoms with van der Waals surface area (Å²) in [5, 5.41) is 0. The van der Waals surface area contributed by atoms with Gasteiger partial charge in [-0.25, -0.2) is 0 Å². The Labute approximate surface area is 54.4 Å². The first-order valence-corrected chi connectivity index (χ1v) is 3.02. The predicted molar refractivity (Wildman–Crippen MR) is 34.0 cm³/mol. The molecular formula is C7H10O2. The van der Waals surface area contributed by atoms with Gasteiger partial charge < -0.3 is 9.15 Å². The fourth-order valence-corrected chi connectivity index (χ4v) is 0.595. The molecule has 0 atom stereocenters. The van der Waals surface area contributed by atoms with E-state index in [4.69, 9.17) is 9.15 Å². The number of hydrogen-bond donors (Lipinski definition) is 0. The summed E-state index contributed by atoms with van der Waals surface area (Å²) in [6, 6.07) is 1.90. The zero-order chi connectivity index (χ0) is 6.53. The summed E-state index contributed by atoms with van der Waals surface area (Å²) in [6.45, 7) is 3.39. The molecule has 0 amide bonds. The highest BCUT2D eigenvalue weighted by atomic mass is 16.5. The van der Waals surface area contributed by atoms with Crippen LogP contribution in [-0.2, 0) is 11.3 Å². The molecule has 1 aromatic heterocycles. The zero-order valence-corrected chi connectivity index (χ0v) is 5.46. The largest absolute Gasteiger partial charge is 0.472 e. The van der Waals surface area contributed by atoms with Gasteiger partial charge in [-0.3, -0.25) is 0 Å². The first-order chi connectivity index (χ1) is 4.43. The molecule has 1 rings (SSSR count). The Morgan fingerprint density at radius 2 is 2.56 bits per heavy atom. The van der Waals surface area contributed by atoms with Crippen molar-refractivity contribution in [2.45, 2.75) is 13.5 Å². The van der Waals surface area contributed by atoms with Crippen LogP contribution < -0.4 is 0 Å². The molecule has 1 heterocycles. The lowest BCUT2D eigenvalue weighted by atomic mass is 10.4. The van der Waals surface area contributed by atoms with Gasteiger partial charge in [-0.1, -0.05) is 0 Å². The van der Waals surface area contributed by atoms with Crippen molar-refractivity contribution in [3.63, 3.8) is 0 Å². The Hall–Kier alpha value is -0.760. The summed E-state index contributed by atoms with van der Waals surface area (Å²) in [7, 11) is 0. The van der Waals surface area contributed by atoms with Crippen LogP contribution in [0.4, 0.5) is 0 Å². The molecule has 0 N–H and O–H groups in total. The molecule has 0 spiro atoms. The third-order valence-corrected chi connectivity index (χ3v) is 1.05. The van der Waals surface area contributed by atoms with Gasteiger partial charge in [0.1, 0.15) is 0 Å². The second kappa shape index (κ2) is 3.30. The van der Waals surface area contributed by atoms with Gasteiger partial charge in [0.2, 0.25) is 0 Å². The van der Waals surface area contributed by atoms with Gasteiger partial charge in [0, 0.05) is 12.2 Å². The van der Waals surface area contributed by atoms with E-state index in [-0.39, 0.29) is 0 Å². The Morgan fingerprint density at radius 1 is 1.67 bits per heavy atom. The van der Waals surface area contributed by atoms with Crippen molar-refractivity contribution < 1.29 is 9.15 Å². The maximum atomic E-state index is 5.12. The van der Waals surface area contributed by atoms with Crippen molar-refractivity contribution in [2.24, 2.45) is 0 Å². The van der Waals surface area contributed by atoms with Gasteiger partial charge >= 0.3 is 0 Å². The molecule has 1 aromatic rings. The minimum atomic E-state index is 0.660. The number of hydrogen-bond acceptors (Lipinski definition) is 2. The summed E-state index contributed by atoms with van der Waals surface area (Å²) in [4.78, 5) is 0. The van der Waals surface area contributed by atoms with Crippen molar-refractivity contribution >= 4 is 0 Å². The quantitative estimate of drug-likeness (QED) is 0.616. The molecule has 2 heteroatoms. The molecule has 0 unspecified atom stereocenters. The van der Waals surface area contributed by atoms with E-state index in [0.29, 0.717) is 6.61 Å². The van der Waals surface area contributed by atoms with Crippen LogP contribution >= 0.6 is 0 Å². The van der Waals surface area contributed by atoms with Gasteiger partial charge in [-0.15, -0.1) is 0 Å². The lowest BCUT2D eigenvalue weighted by molar-refractivity contribution is 0.133. The lowest BCUT2D eigenvalue weighted by Gasteiger charge is -1.93. The SMILES string of the molecule is CCOCc1ccoc1. The first kappa shape index (κ1) is 6.36. The van der Waals surface area contributed by atoms with E-state index in [0.717, 1.165) is 12.2 Å². The van der Waals surface area contributed by atoms with Gasteiger partial charge in [-0.05, 0) is 13.0 Å². The molecule has 0 aliphatic rings. The molecule has 50 valence electrons. The van der Waals surface area contributed by atoms with Crippen LogP contribution in [0.25, 0.3) is 0 Å². The highest BCUT2D eigenvalue weighted by molar-refractivity contribution is 5.02. The van der Waals surface area contributed by atoms with Crippen LogP contribution in [0.2, 0.25) is 0 Å². The van der Waals surface area contributed by atoms with Crippen LogP contribution in [0.1, 0.15) is 12.5 Å². The van der Waals surface area contributed by atoms with Gasteiger partial charge in [-0.2, -0.15) is 0 Å². The second-order valence-electron chi connectivity index (χ2n) is 1.77. The van der Waals surface area contributed by atoms with Crippen LogP contribution in [-0.4, -0.2) is 6.61 Å². The van der Waals surface area contributed by atoms with Gasteiger partial charge in [0.25, 0.3) is 0 Å². The molecule has 0 saturated heterocycles. The molecule has 0 fully saturated rings. The molecule has 0 bridgehead atoms. The molecular weight excluding hydrogens is 116 g/mol. The predicted octanol–water partition coefficient (Wildman–Crippen LogP) is 1.82. The monoisotopic (exact) mass is 126 g/mol. The Kier molecular flexibility index (Phi) is 2.33. The van der Waals surface area contributed by atoms with E-state index < -0.39 is 0 Å². The van der Waals surface area contributed by atoms with Crippen molar-refractivity contribution in [1.82, 2.24) is 0 Å². The average molecular weight is 126 g/mol. The number of furan rings is 1. The smallest absolute Gasteiger partial charge is 0.0957 e. The number of rotatable bonds is 3. The summed E-state index contributed by atoms with van der Waals surface area (Å²) < 4.78 is 9.95. The topological polar surface area (TPSA) is 22.4 Å². The van der Waals surface area contributed by atoms with Gasteiger partial charge in [0.05, 0.1) is 19.1 Å². The molecule has 0 aliphatic heterocycles. The van der Waals surface area contributed by atoms with Crippen LogP contribution in [0.3, 0.4) is 0 Å². The molecule has 0 aliphatic carbocycles. The van der Waals surface area contributed by atoms with Crippen LogP contribution in [0.15, 0.2) is 23.0 Å². The fraction of sp³-hybridized carbons (Fsp3) is 0.429. The van der Waals surface area contributed by atoms with Crippen molar-refractivity contribution in [2.75, 3.05) is 6.61 Å². The van der Waals surface area contributed by atoms with Crippen molar-refractivity contribution in [1.29, 1.82) is 0 Å². The number of ether oxygens (including phenoxy) is 1. The van der Waals surface area contributed by atoms with Crippen molar-refractivity contribution in [3.8, 4) is 0 Å². The summed E-state index contributed by atoms with van der Waals surface area (Å²) in [6.07, 6.45) is 3.34. The molecule has 0 radical (unpaired) electrons. The second-order valence-corrected chi connectivity index (χ2v) is 1.77. The standard InChI is InChI=1S/C7H10O2/c1-2-8-5-7-3-4-9-6-7/h3-4,6H,2,5H2,1H3. The Bertz CT molecular complexity index is 144. The molecule has 0 saturated carbocycles. The summed E-state index contributed by atoms with van der Waals surface area (Å²) in [5.41, 5.74) is 1.09. The fourth-order valence-electron chi connectivity index (χ4n) is 0.595. The summed E-state index contributed by atoms with van der Waals surface area (Å²) in [5.74, 6) is 0. The maximum absolute atomic E-state index is 5.12. The first-order valence-electron chi connectivity index (χ1n) is 3.02. The highest BCUT2D eigenvalue weighted by Gasteiger charge is 1.90. The van der Waals surface area contributed by atoms with E-state index in [1.807, 2.05) is 13.0 Å². The van der Waals surface area contributed by atoms with Crippen LogP contribution in [0.5, 0.6) is 0 Å². The minimum absolute atomic E-state index is 0.660. The zero-order valence-electron chi connectivity index (χ0n) is 5.46. The third kappa shape index (κ3) is 1.90. The lowest BCUT2D eigenvalue weighted by Crippen LogP contribution is -1.88. The van der Waals surface area contributed by atoms with E-state index in [1.54, 1.807) is 12.5 Å². The molecule has 9 heavy (non-hydrogen) atoms. The summed E-state index contributed by atoms with van der Waals surface area (Å²) >= 11 is 0. The van der Waals surface area contributed by atoms with E-state index in [1.165, 1.54) is 0 Å². The van der Waals surface area contributed by atoms with Gasteiger partial charge in [0.15, 0.2) is 0 Å². The van der Waals surface area contributed by atoms with Crippen LogP contribution in [0, 0.1) is 0 Å². The normalized spacial score (nSPS) is 9.89. The van der Waals surface area contributed by atoms with E-state index in [2.05, 4.69) is 0 Å². The Balaban J connectivity index is 2.30. The highest BCUT2D eigenvalue weighted by Crippen LogP contribution is 2.00. The maximum Gasteiger partial charge on any atom is 0.0957 e. The molecule has 0 aromatic carbocycles. The van der Waals surface area contributed by atoms with E-state index in [9.17, 15) is 0 Å². The van der Waals surface area contributed by atoms with Crippen molar-refractivity contribution in [3.05, 3.63) is 24.2 Å². The van der Waals surface area contributed by atoms with E-state index >= 15 is 0 Å². The average Bonchev–Trinajstić information content (AvgIpc) is 2.34. The Morgan fingerprint density at radius 3 is 3.11 bits per heavy atom. The third-order valence-electron chi connectivity index (χ3n) is 1.05. The minimum Gasteiger partial charge on any atom is -0.472 e. The molecule has 2 nitrogen and oxygen atoms in total.